The Bertz CT molecular complexity index is 623. The van der Waals surface area contributed by atoms with Crippen LogP contribution < -0.4 is 21.5 Å². The van der Waals surface area contributed by atoms with Crippen molar-refractivity contribution in [1.29, 1.82) is 0 Å². The van der Waals surface area contributed by atoms with E-state index in [1.165, 1.54) is 4.57 Å². The molecule has 0 bridgehead atoms. The number of rotatable bonds is 8. The molecule has 0 radical (unpaired) electrons. The Morgan fingerprint density at radius 1 is 1.29 bits per heavy atom. The van der Waals surface area contributed by atoms with Crippen LogP contribution in [-0.2, 0) is 4.79 Å². The van der Waals surface area contributed by atoms with Crippen molar-refractivity contribution in [2.75, 3.05) is 0 Å². The lowest BCUT2D eigenvalue weighted by Gasteiger charge is -2.24. The lowest BCUT2D eigenvalue weighted by atomic mass is 10.0. The van der Waals surface area contributed by atoms with Crippen LogP contribution in [0.25, 0.3) is 0 Å². The van der Waals surface area contributed by atoms with Gasteiger partial charge in [0.25, 0.3) is 0 Å². The van der Waals surface area contributed by atoms with Gasteiger partial charge in [0.2, 0.25) is 29.2 Å². The molecule has 0 fully saturated rings. The summed E-state index contributed by atoms with van der Waals surface area (Å²) >= 11 is 0. The number of aliphatic imine (C=N–C) groups is 1. The summed E-state index contributed by atoms with van der Waals surface area (Å²) in [5, 5.41) is 23.0. The fraction of sp³-hybridized carbons (Fsp3) is 0.600. The molecule has 24 heavy (non-hydrogen) atoms. The summed E-state index contributed by atoms with van der Waals surface area (Å²) in [5.41, 5.74) is 10.8. The van der Waals surface area contributed by atoms with Gasteiger partial charge in [-0.15, -0.1) is 0 Å². The second kappa shape index (κ2) is 6.90. The first kappa shape index (κ1) is 17.8. The molecule has 1 aromatic heterocycles. The largest absolute Gasteiger partial charge is 0.492 e. The van der Waals surface area contributed by atoms with Crippen LogP contribution in [0.15, 0.2) is 4.99 Å². The summed E-state index contributed by atoms with van der Waals surface area (Å²) in [7, 11) is 0. The molecule has 0 spiro atoms. The number of nitrogens with two attached hydrogens (primary N) is 2. The SMILES string of the molecule is CCCC(N=C(N)N)NC(=O)[C@H](CC(C)C)n1c(O)c2c(c1O)O2. The highest BCUT2D eigenvalue weighted by Crippen LogP contribution is 2.61. The third kappa shape index (κ3) is 3.66. The predicted molar refractivity (Wildman–Crippen MR) is 89.0 cm³/mol. The van der Waals surface area contributed by atoms with E-state index in [0.717, 1.165) is 6.42 Å². The standard InChI is InChI=1S/C15H25N5O4/c1-4-5-9(19-15(16)17)18-12(21)8(6-7(2)3)20-13(22)10-11(24-10)14(20)23/h7-9,22-23H,4-6H2,1-3H3,(H,18,21)(H4,16,17,19)/t8-,9?/m0/s1. The number of carbonyl (C=O) groups is 1. The van der Waals surface area contributed by atoms with E-state index in [2.05, 4.69) is 10.3 Å². The van der Waals surface area contributed by atoms with Crippen molar-refractivity contribution in [3.63, 3.8) is 0 Å². The summed E-state index contributed by atoms with van der Waals surface area (Å²) in [6.07, 6.45) is 1.21. The minimum absolute atomic E-state index is 0.111. The van der Waals surface area contributed by atoms with Gasteiger partial charge in [0, 0.05) is 0 Å². The van der Waals surface area contributed by atoms with Gasteiger partial charge in [-0.25, -0.2) is 4.99 Å². The highest BCUT2D eigenvalue weighted by molar-refractivity contribution is 5.83. The van der Waals surface area contributed by atoms with Gasteiger partial charge in [-0.1, -0.05) is 27.2 Å². The Morgan fingerprint density at radius 2 is 1.88 bits per heavy atom. The Hall–Kier alpha value is -2.58. The second-order valence-corrected chi connectivity index (χ2v) is 6.29. The minimum atomic E-state index is -0.796. The zero-order valence-electron chi connectivity index (χ0n) is 14.1. The Morgan fingerprint density at radius 3 is 2.33 bits per heavy atom. The summed E-state index contributed by atoms with van der Waals surface area (Å²) in [5.74, 6) is -0.421. The maximum Gasteiger partial charge on any atom is 0.244 e. The molecular formula is C15H25N5O4. The van der Waals surface area contributed by atoms with E-state index < -0.39 is 12.2 Å². The van der Waals surface area contributed by atoms with Gasteiger partial charge in [-0.3, -0.25) is 9.36 Å². The van der Waals surface area contributed by atoms with E-state index >= 15 is 0 Å². The van der Waals surface area contributed by atoms with Crippen molar-refractivity contribution in [3.8, 4) is 23.3 Å². The lowest BCUT2D eigenvalue weighted by Crippen LogP contribution is -2.41. The first-order chi connectivity index (χ1) is 11.3. The summed E-state index contributed by atoms with van der Waals surface area (Å²) in [6, 6.07) is -0.796. The molecule has 0 aliphatic carbocycles. The minimum Gasteiger partial charge on any atom is -0.492 e. The van der Waals surface area contributed by atoms with Gasteiger partial charge in [-0.2, -0.15) is 0 Å². The molecule has 134 valence electrons. The van der Waals surface area contributed by atoms with Crippen LogP contribution in [0.1, 0.15) is 46.1 Å². The van der Waals surface area contributed by atoms with Crippen LogP contribution >= 0.6 is 0 Å². The molecule has 1 unspecified atom stereocenters. The average molecular weight is 339 g/mol. The van der Waals surface area contributed by atoms with Crippen LogP contribution in [-0.4, -0.2) is 32.8 Å². The maximum absolute atomic E-state index is 12.7. The lowest BCUT2D eigenvalue weighted by molar-refractivity contribution is -0.125. The molecule has 2 heterocycles. The number of nitrogens with one attached hydrogen (secondary N) is 1. The van der Waals surface area contributed by atoms with E-state index in [0.29, 0.717) is 12.8 Å². The Balaban J connectivity index is 2.24. The van der Waals surface area contributed by atoms with E-state index in [-0.39, 0.29) is 41.0 Å². The van der Waals surface area contributed by atoms with Crippen molar-refractivity contribution in [2.45, 2.75) is 52.2 Å². The Kier molecular flexibility index (Phi) is 5.10. The van der Waals surface area contributed by atoms with Crippen molar-refractivity contribution in [3.05, 3.63) is 0 Å². The number of aromatic nitrogens is 1. The van der Waals surface area contributed by atoms with Crippen molar-refractivity contribution < 1.29 is 19.7 Å². The summed E-state index contributed by atoms with van der Waals surface area (Å²) in [4.78, 5) is 16.7. The van der Waals surface area contributed by atoms with Crippen molar-refractivity contribution in [1.82, 2.24) is 9.88 Å². The van der Waals surface area contributed by atoms with Gasteiger partial charge in [0.15, 0.2) is 5.96 Å². The number of aromatic hydroxyl groups is 2. The molecule has 9 nitrogen and oxygen atoms in total. The number of amides is 1. The van der Waals surface area contributed by atoms with Crippen LogP contribution in [0.4, 0.5) is 0 Å². The van der Waals surface area contributed by atoms with Crippen molar-refractivity contribution in [2.24, 2.45) is 22.4 Å². The summed E-state index contributed by atoms with van der Waals surface area (Å²) in [6.45, 7) is 5.84. The zero-order valence-corrected chi connectivity index (χ0v) is 14.1. The first-order valence-electron chi connectivity index (χ1n) is 7.99. The van der Waals surface area contributed by atoms with Gasteiger partial charge < -0.3 is 31.7 Å². The van der Waals surface area contributed by atoms with Crippen molar-refractivity contribution >= 4 is 11.9 Å². The topological polar surface area (TPSA) is 151 Å². The maximum atomic E-state index is 12.7. The van der Waals surface area contributed by atoms with Gasteiger partial charge >= 0.3 is 0 Å². The molecule has 0 saturated carbocycles. The second-order valence-electron chi connectivity index (χ2n) is 6.29. The number of hydrogen-bond donors (Lipinski definition) is 5. The molecule has 0 saturated heterocycles. The smallest absolute Gasteiger partial charge is 0.244 e. The molecule has 0 aromatic carbocycles. The molecule has 2 rings (SSSR count). The van der Waals surface area contributed by atoms with Gasteiger partial charge in [-0.05, 0) is 18.8 Å². The third-order valence-corrected chi connectivity index (χ3v) is 3.72. The highest BCUT2D eigenvalue weighted by Gasteiger charge is 2.41. The number of hydrogen-bond acceptors (Lipinski definition) is 5. The monoisotopic (exact) mass is 339 g/mol. The van der Waals surface area contributed by atoms with Crippen LogP contribution in [0, 0.1) is 5.92 Å². The van der Waals surface area contributed by atoms with Crippen LogP contribution in [0.2, 0.25) is 0 Å². The molecule has 9 heteroatoms. The number of fused-ring (bicyclic) bond motifs is 1. The fourth-order valence-corrected chi connectivity index (χ4v) is 2.64. The number of carbonyl (C=O) groups excluding carboxylic acids is 1. The number of guanidine groups is 1. The quantitative estimate of drug-likeness (QED) is 0.276. The van der Waals surface area contributed by atoms with E-state index in [4.69, 9.17) is 16.2 Å². The van der Waals surface area contributed by atoms with Crippen LogP contribution in [0.5, 0.6) is 23.3 Å². The third-order valence-electron chi connectivity index (χ3n) is 3.72. The normalized spacial score (nSPS) is 14.5. The average Bonchev–Trinajstić information content (AvgIpc) is 3.21. The fourth-order valence-electron chi connectivity index (χ4n) is 2.64. The molecule has 1 aliphatic rings. The van der Waals surface area contributed by atoms with Gasteiger partial charge in [0.05, 0.1) is 0 Å². The van der Waals surface area contributed by atoms with Crippen LogP contribution in [0.3, 0.4) is 0 Å². The van der Waals surface area contributed by atoms with Gasteiger partial charge in [0.1, 0.15) is 12.2 Å². The molecular weight excluding hydrogens is 314 g/mol. The zero-order chi connectivity index (χ0) is 18.0. The molecule has 1 amide bonds. The molecule has 2 atom stereocenters. The van der Waals surface area contributed by atoms with E-state index in [1.54, 1.807) is 0 Å². The molecule has 7 N–H and O–H groups in total. The molecule has 1 aliphatic heterocycles. The summed E-state index contributed by atoms with van der Waals surface area (Å²) < 4.78 is 6.13. The first-order valence-corrected chi connectivity index (χ1v) is 7.99. The Labute approximate surface area is 140 Å². The van der Waals surface area contributed by atoms with E-state index in [9.17, 15) is 15.0 Å². The van der Waals surface area contributed by atoms with E-state index in [1.807, 2.05) is 20.8 Å². The number of nitrogens with zero attached hydrogens (tertiary/aromatic N) is 2. The predicted octanol–water partition coefficient (Wildman–Crippen LogP) is 1.11. The highest BCUT2D eigenvalue weighted by atomic mass is 16.6. The molecule has 1 aromatic rings. The number of ether oxygens (including phenoxy) is 1.